The Morgan fingerprint density at radius 2 is 1.44 bits per heavy atom. The van der Waals surface area contributed by atoms with Gasteiger partial charge in [0.05, 0.1) is 11.6 Å². The minimum absolute atomic E-state index is 0.0282. The number of nitrogens with one attached hydrogen (secondary N) is 2. The summed E-state index contributed by atoms with van der Waals surface area (Å²) in [5.74, 6) is -0.440. The van der Waals surface area contributed by atoms with Crippen molar-refractivity contribution in [1.29, 1.82) is 0 Å². The summed E-state index contributed by atoms with van der Waals surface area (Å²) in [4.78, 5) is 17.5. The standard InChI is InChI=1S/C25H23N3O3S/c1-18(19-10-4-2-5-11-19)27-25(29)24(21-12-6-3-7-13-21)28-32(30,31)22-16-8-14-20-15-9-17-26-23(20)22/h2-18,24,28H,1H3,(H,27,29)/t18-,24+/m1/s1. The van der Waals surface area contributed by atoms with Crippen LogP contribution in [-0.2, 0) is 14.8 Å². The number of fused-ring (bicyclic) bond motifs is 1. The number of para-hydroxylation sites is 1. The van der Waals surface area contributed by atoms with Crippen molar-refractivity contribution in [2.24, 2.45) is 0 Å². The van der Waals surface area contributed by atoms with Crippen molar-refractivity contribution in [3.05, 3.63) is 108 Å². The van der Waals surface area contributed by atoms with Crippen LogP contribution in [0.4, 0.5) is 0 Å². The first-order chi connectivity index (χ1) is 15.5. The summed E-state index contributed by atoms with van der Waals surface area (Å²) in [6.45, 7) is 1.86. The number of carbonyl (C=O) groups excluding carboxylic acids is 1. The van der Waals surface area contributed by atoms with Crippen LogP contribution in [0.15, 0.2) is 102 Å². The molecule has 0 aliphatic rings. The molecular formula is C25H23N3O3S. The molecule has 2 atom stereocenters. The highest BCUT2D eigenvalue weighted by atomic mass is 32.2. The van der Waals surface area contributed by atoms with E-state index >= 15 is 0 Å². The van der Waals surface area contributed by atoms with Crippen molar-refractivity contribution in [1.82, 2.24) is 15.0 Å². The Kier molecular flexibility index (Phi) is 6.30. The van der Waals surface area contributed by atoms with E-state index in [1.165, 1.54) is 6.07 Å². The van der Waals surface area contributed by atoms with Gasteiger partial charge in [-0.25, -0.2) is 8.42 Å². The second-order valence-corrected chi connectivity index (χ2v) is 9.12. The van der Waals surface area contributed by atoms with E-state index in [9.17, 15) is 13.2 Å². The van der Waals surface area contributed by atoms with Crippen LogP contribution in [-0.4, -0.2) is 19.3 Å². The molecule has 7 heteroatoms. The molecule has 162 valence electrons. The fourth-order valence-electron chi connectivity index (χ4n) is 3.55. The minimum atomic E-state index is -4.05. The minimum Gasteiger partial charge on any atom is -0.348 e. The maximum Gasteiger partial charge on any atom is 0.243 e. The Labute approximate surface area is 187 Å². The Morgan fingerprint density at radius 1 is 0.812 bits per heavy atom. The van der Waals surface area contributed by atoms with Gasteiger partial charge in [-0.2, -0.15) is 4.72 Å². The average molecular weight is 446 g/mol. The summed E-state index contributed by atoms with van der Waals surface area (Å²) in [6, 6.07) is 25.4. The van der Waals surface area contributed by atoms with Gasteiger partial charge in [-0.05, 0) is 30.2 Å². The number of hydrogen-bond donors (Lipinski definition) is 2. The number of amides is 1. The Morgan fingerprint density at radius 3 is 2.12 bits per heavy atom. The number of sulfonamides is 1. The lowest BCUT2D eigenvalue weighted by atomic mass is 10.1. The van der Waals surface area contributed by atoms with E-state index in [0.29, 0.717) is 16.5 Å². The van der Waals surface area contributed by atoms with Crippen LogP contribution in [0.3, 0.4) is 0 Å². The summed E-state index contributed by atoms with van der Waals surface area (Å²) in [5.41, 5.74) is 1.82. The molecule has 0 unspecified atom stereocenters. The Bertz CT molecular complexity index is 1320. The second-order valence-electron chi connectivity index (χ2n) is 7.44. The van der Waals surface area contributed by atoms with Gasteiger partial charge in [0.2, 0.25) is 15.9 Å². The first-order valence-electron chi connectivity index (χ1n) is 10.2. The number of carbonyl (C=O) groups is 1. The van der Waals surface area contributed by atoms with Gasteiger partial charge in [-0.3, -0.25) is 9.78 Å². The SMILES string of the molecule is C[C@@H](NC(=O)[C@@H](NS(=O)(=O)c1cccc2cccnc12)c1ccccc1)c1ccccc1. The van der Waals surface area contributed by atoms with Crippen molar-refractivity contribution in [2.45, 2.75) is 23.9 Å². The van der Waals surface area contributed by atoms with Crippen LogP contribution in [0.5, 0.6) is 0 Å². The molecule has 0 bridgehead atoms. The number of pyridine rings is 1. The highest BCUT2D eigenvalue weighted by Crippen LogP contribution is 2.24. The zero-order valence-electron chi connectivity index (χ0n) is 17.5. The molecule has 0 saturated heterocycles. The first kappa shape index (κ1) is 21.7. The normalized spacial score (nSPS) is 13.4. The molecule has 0 fully saturated rings. The molecule has 1 amide bonds. The predicted molar refractivity (Wildman–Crippen MR) is 124 cm³/mol. The monoisotopic (exact) mass is 445 g/mol. The molecule has 32 heavy (non-hydrogen) atoms. The van der Waals surface area contributed by atoms with E-state index < -0.39 is 22.0 Å². The van der Waals surface area contributed by atoms with Crippen molar-refractivity contribution >= 4 is 26.8 Å². The molecule has 1 heterocycles. The van der Waals surface area contributed by atoms with E-state index in [1.807, 2.05) is 43.3 Å². The summed E-state index contributed by atoms with van der Waals surface area (Å²) in [6.07, 6.45) is 1.55. The predicted octanol–water partition coefficient (Wildman–Crippen LogP) is 4.13. The molecule has 1 aromatic heterocycles. The molecule has 0 spiro atoms. The van der Waals surface area contributed by atoms with E-state index in [1.54, 1.807) is 54.7 Å². The number of hydrogen-bond acceptors (Lipinski definition) is 4. The molecule has 0 saturated carbocycles. The van der Waals surface area contributed by atoms with Crippen LogP contribution >= 0.6 is 0 Å². The first-order valence-corrected chi connectivity index (χ1v) is 11.7. The third-order valence-corrected chi connectivity index (χ3v) is 6.67. The lowest BCUT2D eigenvalue weighted by Crippen LogP contribution is -2.41. The summed E-state index contributed by atoms with van der Waals surface area (Å²) in [7, 11) is -4.05. The lowest BCUT2D eigenvalue weighted by Gasteiger charge is -2.22. The molecule has 4 aromatic rings. The smallest absolute Gasteiger partial charge is 0.243 e. The van der Waals surface area contributed by atoms with Crippen LogP contribution in [0.25, 0.3) is 10.9 Å². The zero-order valence-corrected chi connectivity index (χ0v) is 18.3. The van der Waals surface area contributed by atoms with Crippen molar-refractivity contribution in [3.63, 3.8) is 0 Å². The fraction of sp³-hybridized carbons (Fsp3) is 0.120. The van der Waals surface area contributed by atoms with E-state index in [2.05, 4.69) is 15.0 Å². The highest BCUT2D eigenvalue weighted by molar-refractivity contribution is 7.89. The maximum atomic E-state index is 13.4. The van der Waals surface area contributed by atoms with Gasteiger partial charge in [0.15, 0.2) is 0 Å². The van der Waals surface area contributed by atoms with Crippen LogP contribution in [0.2, 0.25) is 0 Å². The van der Waals surface area contributed by atoms with Crippen LogP contribution < -0.4 is 10.0 Å². The largest absolute Gasteiger partial charge is 0.348 e. The van der Waals surface area contributed by atoms with Gasteiger partial charge >= 0.3 is 0 Å². The van der Waals surface area contributed by atoms with Gasteiger partial charge in [0.1, 0.15) is 10.9 Å². The van der Waals surface area contributed by atoms with E-state index in [4.69, 9.17) is 0 Å². The third-order valence-electron chi connectivity index (χ3n) is 5.21. The van der Waals surface area contributed by atoms with Crippen molar-refractivity contribution in [3.8, 4) is 0 Å². The van der Waals surface area contributed by atoms with Crippen LogP contribution in [0.1, 0.15) is 30.1 Å². The van der Waals surface area contributed by atoms with Gasteiger partial charge in [-0.15, -0.1) is 0 Å². The van der Waals surface area contributed by atoms with E-state index in [-0.39, 0.29) is 10.9 Å². The lowest BCUT2D eigenvalue weighted by molar-refractivity contribution is -0.123. The number of nitrogens with zero attached hydrogens (tertiary/aromatic N) is 1. The topological polar surface area (TPSA) is 88.2 Å². The molecule has 0 aliphatic heterocycles. The molecular weight excluding hydrogens is 422 g/mol. The third kappa shape index (κ3) is 4.69. The number of aromatic nitrogens is 1. The summed E-state index contributed by atoms with van der Waals surface area (Å²) >= 11 is 0. The van der Waals surface area contributed by atoms with Gasteiger partial charge < -0.3 is 5.32 Å². The molecule has 6 nitrogen and oxygen atoms in total. The second kappa shape index (κ2) is 9.30. The van der Waals surface area contributed by atoms with Crippen LogP contribution in [0, 0.1) is 0 Å². The van der Waals surface area contributed by atoms with Gasteiger partial charge in [0.25, 0.3) is 0 Å². The van der Waals surface area contributed by atoms with E-state index in [0.717, 1.165) is 5.56 Å². The Hall–Kier alpha value is -3.55. The molecule has 0 aliphatic carbocycles. The highest BCUT2D eigenvalue weighted by Gasteiger charge is 2.29. The van der Waals surface area contributed by atoms with Crippen molar-refractivity contribution in [2.75, 3.05) is 0 Å². The van der Waals surface area contributed by atoms with Gasteiger partial charge in [-0.1, -0.05) is 78.9 Å². The fourth-order valence-corrected chi connectivity index (χ4v) is 4.92. The molecule has 0 radical (unpaired) electrons. The summed E-state index contributed by atoms with van der Waals surface area (Å²) in [5, 5.41) is 3.63. The average Bonchev–Trinajstić information content (AvgIpc) is 2.83. The summed E-state index contributed by atoms with van der Waals surface area (Å²) < 4.78 is 29.3. The molecule has 2 N–H and O–H groups in total. The number of rotatable bonds is 7. The number of benzene rings is 3. The molecule has 4 rings (SSSR count). The van der Waals surface area contributed by atoms with Crippen molar-refractivity contribution < 1.29 is 13.2 Å². The quantitative estimate of drug-likeness (QED) is 0.448. The van der Waals surface area contributed by atoms with Gasteiger partial charge in [0, 0.05) is 11.6 Å². The Balaban J connectivity index is 1.67. The zero-order chi connectivity index (χ0) is 22.6. The molecule has 3 aromatic carbocycles. The maximum absolute atomic E-state index is 13.4.